The van der Waals surface area contributed by atoms with Gasteiger partial charge in [0.1, 0.15) is 30.3 Å². The van der Waals surface area contributed by atoms with Crippen LogP contribution in [0.25, 0.3) is 11.4 Å². The van der Waals surface area contributed by atoms with E-state index in [-0.39, 0.29) is 18.9 Å². The van der Waals surface area contributed by atoms with E-state index in [4.69, 9.17) is 10.5 Å². The molecule has 0 bridgehead atoms. The summed E-state index contributed by atoms with van der Waals surface area (Å²) in [6, 6.07) is 3.42. The lowest BCUT2D eigenvalue weighted by Crippen LogP contribution is -2.58. The number of halogens is 2. The Morgan fingerprint density at radius 1 is 1.43 bits per heavy atom. The number of carbonyl (C=O) groups excluding carboxylic acids is 2. The van der Waals surface area contributed by atoms with Crippen LogP contribution in [0.2, 0.25) is 0 Å². The Hall–Kier alpha value is -3.21. The van der Waals surface area contributed by atoms with Crippen LogP contribution in [0.5, 0.6) is 5.75 Å². The number of benzene rings is 1. The van der Waals surface area contributed by atoms with Crippen molar-refractivity contribution < 1.29 is 23.1 Å². The van der Waals surface area contributed by atoms with Crippen LogP contribution in [0.3, 0.4) is 0 Å². The van der Waals surface area contributed by atoms with Gasteiger partial charge in [-0.15, -0.1) is 0 Å². The second-order valence-electron chi connectivity index (χ2n) is 7.24. The van der Waals surface area contributed by atoms with Gasteiger partial charge in [-0.05, 0) is 19.1 Å². The lowest BCUT2D eigenvalue weighted by molar-refractivity contribution is -0.120. The highest BCUT2D eigenvalue weighted by molar-refractivity contribution is 5.95. The number of fused-ring (bicyclic) bond motifs is 3. The molecule has 30 heavy (non-hydrogen) atoms. The summed E-state index contributed by atoms with van der Waals surface area (Å²) in [4.78, 5) is 29.2. The Bertz CT molecular complexity index is 979. The van der Waals surface area contributed by atoms with Gasteiger partial charge in [-0.2, -0.15) is 0 Å². The molecule has 1 aromatic heterocycles. The summed E-state index contributed by atoms with van der Waals surface area (Å²) in [5, 5.41) is 5.71. The number of hydrogen-bond donors (Lipinski definition) is 3. The molecule has 1 unspecified atom stereocenters. The van der Waals surface area contributed by atoms with Gasteiger partial charge in [0.05, 0.1) is 18.7 Å². The molecule has 2 aliphatic heterocycles. The SMILES string of the molecule is CC(Nc1ccc2c(c1)OCCn1cc(N3C(=O)CNC[C@H]3C(F)F)nc1-2)C(N)=O. The summed E-state index contributed by atoms with van der Waals surface area (Å²) >= 11 is 0. The van der Waals surface area contributed by atoms with E-state index in [0.717, 1.165) is 4.90 Å². The number of hydrogen-bond acceptors (Lipinski definition) is 6. The minimum atomic E-state index is -2.69. The van der Waals surface area contributed by atoms with Crippen molar-refractivity contribution in [2.24, 2.45) is 5.73 Å². The van der Waals surface area contributed by atoms with Crippen LogP contribution in [0.4, 0.5) is 20.3 Å². The van der Waals surface area contributed by atoms with E-state index in [2.05, 4.69) is 15.6 Å². The standard InChI is InChI=1S/C19H22F2N6O3/c1-10(18(22)29)24-11-2-3-12-14(6-11)30-5-4-26-9-15(25-19(12)26)27-13(17(20)21)7-23-8-16(27)28/h2-3,6,9-10,13,17,23-24H,4-5,7-8H2,1H3,(H2,22,29)/t10?,13-/m0/s1. The van der Waals surface area contributed by atoms with E-state index in [1.807, 2.05) is 0 Å². The highest BCUT2D eigenvalue weighted by atomic mass is 19.3. The Balaban J connectivity index is 1.69. The fraction of sp³-hybridized carbons (Fsp3) is 0.421. The molecule has 2 aliphatic rings. The van der Waals surface area contributed by atoms with Crippen LogP contribution in [-0.2, 0) is 16.1 Å². The number of anilines is 2. The molecule has 1 fully saturated rings. The molecule has 3 heterocycles. The van der Waals surface area contributed by atoms with Gasteiger partial charge < -0.3 is 25.7 Å². The molecule has 4 rings (SSSR count). The van der Waals surface area contributed by atoms with Crippen molar-refractivity contribution in [1.82, 2.24) is 14.9 Å². The molecular weight excluding hydrogens is 398 g/mol. The summed E-state index contributed by atoms with van der Waals surface area (Å²) in [7, 11) is 0. The Labute approximate surface area is 171 Å². The normalized spacial score (nSPS) is 19.5. The molecule has 2 atom stereocenters. The van der Waals surface area contributed by atoms with Crippen LogP contribution in [-0.4, -0.2) is 59.6 Å². The lowest BCUT2D eigenvalue weighted by Gasteiger charge is -2.33. The number of piperazine rings is 1. The van der Waals surface area contributed by atoms with Crippen LogP contribution in [0.1, 0.15) is 6.92 Å². The largest absolute Gasteiger partial charge is 0.491 e. The van der Waals surface area contributed by atoms with E-state index in [0.29, 0.717) is 36.0 Å². The number of nitrogens with two attached hydrogens (primary N) is 1. The molecule has 0 saturated carbocycles. The maximum atomic E-state index is 13.5. The molecule has 4 N–H and O–H groups in total. The first kappa shape index (κ1) is 20.1. The summed E-state index contributed by atoms with van der Waals surface area (Å²) in [5.74, 6) is 0.312. The zero-order valence-corrected chi connectivity index (χ0v) is 16.3. The van der Waals surface area contributed by atoms with E-state index in [1.165, 1.54) is 0 Å². The highest BCUT2D eigenvalue weighted by Crippen LogP contribution is 2.36. The third kappa shape index (κ3) is 3.67. The van der Waals surface area contributed by atoms with Gasteiger partial charge in [0, 0.05) is 24.5 Å². The third-order valence-corrected chi connectivity index (χ3v) is 5.15. The van der Waals surface area contributed by atoms with Crippen molar-refractivity contribution in [2.45, 2.75) is 32.0 Å². The van der Waals surface area contributed by atoms with Gasteiger partial charge in [0.25, 0.3) is 6.43 Å². The van der Waals surface area contributed by atoms with Crippen LogP contribution in [0, 0.1) is 0 Å². The fourth-order valence-electron chi connectivity index (χ4n) is 3.58. The lowest BCUT2D eigenvalue weighted by atomic mass is 10.1. The van der Waals surface area contributed by atoms with Gasteiger partial charge in [-0.1, -0.05) is 0 Å². The van der Waals surface area contributed by atoms with E-state index in [1.54, 1.807) is 35.9 Å². The monoisotopic (exact) mass is 420 g/mol. The van der Waals surface area contributed by atoms with Crippen LogP contribution >= 0.6 is 0 Å². The number of rotatable bonds is 5. The van der Waals surface area contributed by atoms with Crippen molar-refractivity contribution in [3.63, 3.8) is 0 Å². The first-order valence-electron chi connectivity index (χ1n) is 9.56. The molecule has 1 aromatic carbocycles. The molecule has 0 radical (unpaired) electrons. The minimum absolute atomic E-state index is 0.00161. The van der Waals surface area contributed by atoms with Gasteiger partial charge in [0.2, 0.25) is 11.8 Å². The molecule has 0 spiro atoms. The number of nitrogens with zero attached hydrogens (tertiary/aromatic N) is 3. The fourth-order valence-corrected chi connectivity index (χ4v) is 3.58. The number of ether oxygens (including phenoxy) is 1. The van der Waals surface area contributed by atoms with Crippen molar-refractivity contribution in [1.29, 1.82) is 0 Å². The predicted octanol–water partition coefficient (Wildman–Crippen LogP) is 0.798. The summed E-state index contributed by atoms with van der Waals surface area (Å²) in [6.45, 7) is 2.41. The molecule has 9 nitrogen and oxygen atoms in total. The maximum absolute atomic E-state index is 13.5. The molecule has 2 amide bonds. The molecule has 1 saturated heterocycles. The maximum Gasteiger partial charge on any atom is 0.260 e. The first-order chi connectivity index (χ1) is 14.3. The predicted molar refractivity (Wildman–Crippen MR) is 106 cm³/mol. The molecule has 2 aromatic rings. The van der Waals surface area contributed by atoms with Crippen LogP contribution < -0.4 is 26.0 Å². The number of nitrogens with one attached hydrogen (secondary N) is 2. The van der Waals surface area contributed by atoms with Crippen LogP contribution in [0.15, 0.2) is 24.4 Å². The molecule has 11 heteroatoms. The van der Waals surface area contributed by atoms with Gasteiger partial charge in [-0.3, -0.25) is 14.5 Å². The average molecular weight is 420 g/mol. The number of carbonyl (C=O) groups is 2. The second-order valence-corrected chi connectivity index (χ2v) is 7.24. The zero-order chi connectivity index (χ0) is 21.4. The number of amides is 2. The Morgan fingerprint density at radius 2 is 2.23 bits per heavy atom. The van der Waals surface area contributed by atoms with Gasteiger partial charge in [-0.25, -0.2) is 13.8 Å². The van der Waals surface area contributed by atoms with Crippen molar-refractivity contribution in [3.05, 3.63) is 24.4 Å². The minimum Gasteiger partial charge on any atom is -0.491 e. The quantitative estimate of drug-likeness (QED) is 0.659. The van der Waals surface area contributed by atoms with Crippen molar-refractivity contribution >= 4 is 23.3 Å². The van der Waals surface area contributed by atoms with E-state index < -0.39 is 30.3 Å². The van der Waals surface area contributed by atoms with E-state index >= 15 is 0 Å². The molecular formula is C19H22F2N6O3. The van der Waals surface area contributed by atoms with Crippen molar-refractivity contribution in [2.75, 3.05) is 29.9 Å². The molecule has 0 aliphatic carbocycles. The number of aromatic nitrogens is 2. The van der Waals surface area contributed by atoms with E-state index in [9.17, 15) is 18.4 Å². The third-order valence-electron chi connectivity index (χ3n) is 5.15. The summed E-state index contributed by atoms with van der Waals surface area (Å²) in [6.07, 6.45) is -1.09. The number of imidazole rings is 1. The smallest absolute Gasteiger partial charge is 0.260 e. The topological polar surface area (TPSA) is 115 Å². The number of primary amides is 1. The second kappa shape index (κ2) is 7.90. The van der Waals surface area contributed by atoms with Crippen molar-refractivity contribution in [3.8, 4) is 17.1 Å². The first-order valence-corrected chi connectivity index (χ1v) is 9.56. The number of alkyl halides is 2. The molecule has 160 valence electrons. The van der Waals surface area contributed by atoms with Gasteiger partial charge in [0.15, 0.2) is 5.82 Å². The highest BCUT2D eigenvalue weighted by Gasteiger charge is 2.37. The zero-order valence-electron chi connectivity index (χ0n) is 16.3. The average Bonchev–Trinajstić information content (AvgIpc) is 3.03. The Morgan fingerprint density at radius 3 is 2.97 bits per heavy atom. The summed E-state index contributed by atoms with van der Waals surface area (Å²) < 4.78 is 34.6. The Kier molecular flexibility index (Phi) is 5.29. The summed E-state index contributed by atoms with van der Waals surface area (Å²) in [5.41, 5.74) is 6.60. The van der Waals surface area contributed by atoms with Gasteiger partial charge >= 0.3 is 0 Å².